The molecule has 0 fully saturated rings. The number of amides is 2. The molecule has 0 aromatic heterocycles. The Morgan fingerprint density at radius 2 is 2.06 bits per heavy atom. The highest BCUT2D eigenvalue weighted by Gasteiger charge is 2.09. The van der Waals surface area contributed by atoms with Crippen molar-refractivity contribution in [2.45, 2.75) is 39.8 Å². The summed E-state index contributed by atoms with van der Waals surface area (Å²) >= 11 is 0. The van der Waals surface area contributed by atoms with Gasteiger partial charge in [0.1, 0.15) is 5.75 Å². The molecule has 18 heavy (non-hydrogen) atoms. The molecular formula is C14H22N2O2. The molecule has 1 atom stereocenters. The average Bonchev–Trinajstić information content (AvgIpc) is 2.28. The summed E-state index contributed by atoms with van der Waals surface area (Å²) < 4.78 is 5.63. The van der Waals surface area contributed by atoms with Crippen molar-refractivity contribution < 1.29 is 9.53 Å². The molecule has 1 rings (SSSR count). The van der Waals surface area contributed by atoms with Crippen molar-refractivity contribution in [3.8, 4) is 5.75 Å². The van der Waals surface area contributed by atoms with Gasteiger partial charge in [0.05, 0.1) is 12.1 Å². The molecule has 100 valence electrons. The van der Waals surface area contributed by atoms with Gasteiger partial charge in [-0.3, -0.25) is 0 Å². The third kappa shape index (κ3) is 4.65. The van der Waals surface area contributed by atoms with E-state index in [1.807, 2.05) is 52.0 Å². The van der Waals surface area contributed by atoms with Crippen LogP contribution >= 0.6 is 0 Å². The van der Waals surface area contributed by atoms with E-state index in [9.17, 15) is 4.79 Å². The van der Waals surface area contributed by atoms with Gasteiger partial charge in [-0.1, -0.05) is 12.1 Å². The van der Waals surface area contributed by atoms with Crippen LogP contribution in [0.25, 0.3) is 0 Å². The molecule has 0 heterocycles. The molecule has 0 aliphatic carbocycles. The summed E-state index contributed by atoms with van der Waals surface area (Å²) in [6, 6.07) is 7.58. The number of nitrogens with one attached hydrogen (secondary N) is 2. The van der Waals surface area contributed by atoms with Gasteiger partial charge in [0.15, 0.2) is 0 Å². The van der Waals surface area contributed by atoms with Crippen molar-refractivity contribution >= 4 is 6.03 Å². The van der Waals surface area contributed by atoms with Crippen LogP contribution in [0.3, 0.4) is 0 Å². The molecule has 4 nitrogen and oxygen atoms in total. The van der Waals surface area contributed by atoms with Gasteiger partial charge in [-0.05, 0) is 45.4 Å². The molecule has 2 N–H and O–H groups in total. The van der Waals surface area contributed by atoms with Crippen LogP contribution < -0.4 is 15.4 Å². The van der Waals surface area contributed by atoms with Crippen LogP contribution in [0.1, 0.15) is 39.3 Å². The van der Waals surface area contributed by atoms with E-state index in [1.165, 1.54) is 0 Å². The molecule has 0 aliphatic rings. The lowest BCUT2D eigenvalue weighted by Crippen LogP contribution is -2.36. The molecule has 0 saturated carbocycles. The Morgan fingerprint density at radius 3 is 2.67 bits per heavy atom. The Labute approximate surface area is 109 Å². The minimum absolute atomic E-state index is 0.0488. The van der Waals surface area contributed by atoms with Gasteiger partial charge in [0, 0.05) is 6.54 Å². The molecule has 0 spiro atoms. The number of urea groups is 1. The minimum atomic E-state index is -0.153. The third-order valence-electron chi connectivity index (χ3n) is 2.41. The van der Waals surface area contributed by atoms with Gasteiger partial charge < -0.3 is 15.4 Å². The van der Waals surface area contributed by atoms with Crippen LogP contribution in [0.15, 0.2) is 24.3 Å². The van der Waals surface area contributed by atoms with E-state index >= 15 is 0 Å². The van der Waals surface area contributed by atoms with E-state index in [2.05, 4.69) is 10.6 Å². The molecule has 1 aromatic carbocycles. The molecule has 4 heteroatoms. The Kier molecular flexibility index (Phi) is 5.49. The number of benzene rings is 1. The van der Waals surface area contributed by atoms with Gasteiger partial charge >= 0.3 is 6.03 Å². The fraction of sp³-hybridized carbons (Fsp3) is 0.500. The summed E-state index contributed by atoms with van der Waals surface area (Å²) in [4.78, 5) is 11.4. The van der Waals surface area contributed by atoms with E-state index in [0.717, 1.165) is 11.3 Å². The van der Waals surface area contributed by atoms with Crippen LogP contribution in [0.4, 0.5) is 4.79 Å². The predicted molar refractivity (Wildman–Crippen MR) is 72.8 cm³/mol. The van der Waals surface area contributed by atoms with Crippen LogP contribution in [0.2, 0.25) is 0 Å². The topological polar surface area (TPSA) is 50.4 Å². The molecular weight excluding hydrogens is 228 g/mol. The highest BCUT2D eigenvalue weighted by molar-refractivity contribution is 5.74. The molecule has 1 aromatic rings. The van der Waals surface area contributed by atoms with Crippen molar-refractivity contribution in [3.05, 3.63) is 29.8 Å². The lowest BCUT2D eigenvalue weighted by molar-refractivity contribution is 0.237. The van der Waals surface area contributed by atoms with E-state index in [-0.39, 0.29) is 18.2 Å². The highest BCUT2D eigenvalue weighted by Crippen LogP contribution is 2.19. The first kappa shape index (κ1) is 14.4. The molecule has 0 bridgehead atoms. The Balaban J connectivity index is 2.67. The lowest BCUT2D eigenvalue weighted by Gasteiger charge is -2.16. The second kappa shape index (κ2) is 6.89. The first-order valence-corrected chi connectivity index (χ1v) is 6.34. The summed E-state index contributed by atoms with van der Waals surface area (Å²) in [5, 5.41) is 5.58. The number of rotatable bonds is 5. The van der Waals surface area contributed by atoms with Crippen molar-refractivity contribution in [2.24, 2.45) is 0 Å². The minimum Gasteiger partial charge on any atom is -0.491 e. The van der Waals surface area contributed by atoms with E-state index in [1.54, 1.807) is 0 Å². The largest absolute Gasteiger partial charge is 0.491 e. The van der Waals surface area contributed by atoms with E-state index < -0.39 is 0 Å². The quantitative estimate of drug-likeness (QED) is 0.844. The highest BCUT2D eigenvalue weighted by atomic mass is 16.5. The smallest absolute Gasteiger partial charge is 0.315 e. The maximum absolute atomic E-state index is 11.4. The molecule has 0 unspecified atom stereocenters. The third-order valence-corrected chi connectivity index (χ3v) is 2.41. The summed E-state index contributed by atoms with van der Waals surface area (Å²) in [6.45, 7) is 8.44. The zero-order valence-electron chi connectivity index (χ0n) is 11.5. The number of carbonyl (C=O) groups is 1. The molecule has 0 radical (unpaired) electrons. The second-order valence-electron chi connectivity index (χ2n) is 4.46. The maximum atomic E-state index is 11.4. The van der Waals surface area contributed by atoms with Gasteiger partial charge in [0.2, 0.25) is 0 Å². The molecule has 0 saturated heterocycles. The van der Waals surface area contributed by atoms with Gasteiger partial charge in [0.25, 0.3) is 0 Å². The van der Waals surface area contributed by atoms with Gasteiger partial charge in [-0.15, -0.1) is 0 Å². The van der Waals surface area contributed by atoms with Crippen LogP contribution in [0.5, 0.6) is 5.75 Å². The number of ether oxygens (including phenoxy) is 1. The van der Waals surface area contributed by atoms with Gasteiger partial charge in [-0.2, -0.15) is 0 Å². The first-order valence-electron chi connectivity index (χ1n) is 6.34. The fourth-order valence-corrected chi connectivity index (χ4v) is 1.62. The first-order chi connectivity index (χ1) is 8.52. The molecule has 2 amide bonds. The second-order valence-corrected chi connectivity index (χ2v) is 4.46. The zero-order valence-corrected chi connectivity index (χ0v) is 11.5. The fourth-order valence-electron chi connectivity index (χ4n) is 1.62. The van der Waals surface area contributed by atoms with Crippen LogP contribution in [-0.2, 0) is 0 Å². The van der Waals surface area contributed by atoms with Crippen molar-refractivity contribution in [1.82, 2.24) is 10.6 Å². The van der Waals surface area contributed by atoms with E-state index in [0.29, 0.717) is 6.54 Å². The monoisotopic (exact) mass is 250 g/mol. The summed E-state index contributed by atoms with van der Waals surface area (Å²) in [5.74, 6) is 0.826. The summed E-state index contributed by atoms with van der Waals surface area (Å²) in [7, 11) is 0. The number of carbonyl (C=O) groups excluding carboxylic acids is 1. The maximum Gasteiger partial charge on any atom is 0.315 e. The predicted octanol–water partition coefficient (Wildman–Crippen LogP) is 2.85. The van der Waals surface area contributed by atoms with E-state index in [4.69, 9.17) is 4.74 Å². The van der Waals surface area contributed by atoms with Crippen LogP contribution in [-0.4, -0.2) is 18.7 Å². The molecule has 0 aliphatic heterocycles. The average molecular weight is 250 g/mol. The number of hydrogen-bond acceptors (Lipinski definition) is 2. The Hall–Kier alpha value is -1.71. The van der Waals surface area contributed by atoms with Crippen molar-refractivity contribution in [3.63, 3.8) is 0 Å². The van der Waals surface area contributed by atoms with Crippen molar-refractivity contribution in [2.75, 3.05) is 6.54 Å². The number of hydrogen-bond donors (Lipinski definition) is 2. The summed E-state index contributed by atoms with van der Waals surface area (Å²) in [6.07, 6.45) is 0.145. The van der Waals surface area contributed by atoms with Gasteiger partial charge in [-0.25, -0.2) is 4.79 Å². The zero-order chi connectivity index (χ0) is 13.5. The standard InChI is InChI=1S/C14H22N2O2/c1-5-15-14(17)16-11(4)12-7-6-8-13(9-12)18-10(2)3/h6-11H,5H2,1-4H3,(H2,15,16,17)/t11-/m1/s1. The normalized spacial score (nSPS) is 12.1. The summed E-state index contributed by atoms with van der Waals surface area (Å²) in [5.41, 5.74) is 1.03. The van der Waals surface area contributed by atoms with Crippen LogP contribution in [0, 0.1) is 0 Å². The Bertz CT molecular complexity index is 391. The Morgan fingerprint density at radius 1 is 1.33 bits per heavy atom. The lowest BCUT2D eigenvalue weighted by atomic mass is 10.1. The van der Waals surface area contributed by atoms with Crippen molar-refractivity contribution in [1.29, 1.82) is 0 Å². The SMILES string of the molecule is CCNC(=O)N[C@H](C)c1cccc(OC(C)C)c1.